The van der Waals surface area contributed by atoms with Crippen molar-refractivity contribution in [2.24, 2.45) is 5.73 Å². The predicted molar refractivity (Wildman–Crippen MR) is 56.6 cm³/mol. The van der Waals surface area contributed by atoms with E-state index in [0.29, 0.717) is 0 Å². The highest BCUT2D eigenvalue weighted by Gasteiger charge is 2.20. The maximum absolute atomic E-state index is 5.50. The molecule has 2 N–H and O–H groups in total. The monoisotopic (exact) mass is 188 g/mol. The highest BCUT2D eigenvalue weighted by atomic mass is 32.2. The molecule has 0 bridgehead atoms. The molecular weight excluding hydrogens is 168 g/mol. The van der Waals surface area contributed by atoms with Crippen molar-refractivity contribution in [1.29, 1.82) is 0 Å². The molecule has 72 valence electrons. The SMILES string of the molecule is CCN(CCCN)[C@@H]1CCSC1. The topological polar surface area (TPSA) is 29.3 Å². The first-order valence-electron chi connectivity index (χ1n) is 4.90. The number of rotatable bonds is 5. The molecule has 1 fully saturated rings. The van der Waals surface area contributed by atoms with Crippen molar-refractivity contribution in [2.75, 3.05) is 31.1 Å². The molecule has 1 atom stereocenters. The molecule has 0 unspecified atom stereocenters. The van der Waals surface area contributed by atoms with Crippen LogP contribution in [0.1, 0.15) is 19.8 Å². The lowest BCUT2D eigenvalue weighted by Gasteiger charge is -2.26. The average molecular weight is 188 g/mol. The van der Waals surface area contributed by atoms with E-state index in [1.165, 1.54) is 31.0 Å². The van der Waals surface area contributed by atoms with Gasteiger partial charge in [0.15, 0.2) is 0 Å². The van der Waals surface area contributed by atoms with Gasteiger partial charge in [-0.3, -0.25) is 4.90 Å². The number of hydrogen-bond donors (Lipinski definition) is 1. The molecule has 1 rings (SSSR count). The second kappa shape index (κ2) is 5.84. The Morgan fingerprint density at radius 3 is 2.92 bits per heavy atom. The van der Waals surface area contributed by atoms with E-state index in [0.717, 1.165) is 19.0 Å². The van der Waals surface area contributed by atoms with Gasteiger partial charge in [-0.2, -0.15) is 11.8 Å². The van der Waals surface area contributed by atoms with Crippen LogP contribution in [0.3, 0.4) is 0 Å². The molecule has 1 heterocycles. The van der Waals surface area contributed by atoms with Gasteiger partial charge < -0.3 is 5.73 Å². The van der Waals surface area contributed by atoms with Crippen LogP contribution in [0.25, 0.3) is 0 Å². The van der Waals surface area contributed by atoms with Gasteiger partial charge in [0, 0.05) is 11.8 Å². The second-order valence-electron chi connectivity index (χ2n) is 3.29. The van der Waals surface area contributed by atoms with Gasteiger partial charge in [0.1, 0.15) is 0 Å². The van der Waals surface area contributed by atoms with Gasteiger partial charge >= 0.3 is 0 Å². The lowest BCUT2D eigenvalue weighted by atomic mass is 10.2. The second-order valence-corrected chi connectivity index (χ2v) is 4.44. The van der Waals surface area contributed by atoms with E-state index in [1.807, 2.05) is 0 Å². The van der Waals surface area contributed by atoms with Crippen molar-refractivity contribution in [1.82, 2.24) is 4.90 Å². The molecule has 3 heteroatoms. The van der Waals surface area contributed by atoms with E-state index < -0.39 is 0 Å². The Hall–Kier alpha value is 0.270. The summed E-state index contributed by atoms with van der Waals surface area (Å²) < 4.78 is 0. The summed E-state index contributed by atoms with van der Waals surface area (Å²) in [5, 5.41) is 0. The van der Waals surface area contributed by atoms with E-state index in [2.05, 4.69) is 23.6 Å². The number of thioether (sulfide) groups is 1. The van der Waals surface area contributed by atoms with Gasteiger partial charge in [0.2, 0.25) is 0 Å². The molecule has 1 aliphatic heterocycles. The van der Waals surface area contributed by atoms with Gasteiger partial charge in [-0.05, 0) is 38.2 Å². The normalized spacial score (nSPS) is 23.8. The Morgan fingerprint density at radius 1 is 1.58 bits per heavy atom. The summed E-state index contributed by atoms with van der Waals surface area (Å²) in [6.45, 7) is 5.46. The van der Waals surface area contributed by atoms with Gasteiger partial charge in [-0.15, -0.1) is 0 Å². The van der Waals surface area contributed by atoms with E-state index in [1.54, 1.807) is 0 Å². The Kier molecular flexibility index (Phi) is 5.04. The van der Waals surface area contributed by atoms with Crippen LogP contribution in [-0.4, -0.2) is 42.1 Å². The molecule has 0 radical (unpaired) electrons. The van der Waals surface area contributed by atoms with Crippen LogP contribution in [0.5, 0.6) is 0 Å². The van der Waals surface area contributed by atoms with Crippen LogP contribution in [0.2, 0.25) is 0 Å². The number of nitrogens with two attached hydrogens (primary N) is 1. The molecule has 0 aromatic rings. The van der Waals surface area contributed by atoms with E-state index in [4.69, 9.17) is 5.73 Å². The van der Waals surface area contributed by atoms with Gasteiger partial charge in [-0.1, -0.05) is 6.92 Å². The zero-order valence-electron chi connectivity index (χ0n) is 7.96. The zero-order valence-corrected chi connectivity index (χ0v) is 8.78. The third-order valence-corrected chi connectivity index (χ3v) is 3.62. The molecule has 12 heavy (non-hydrogen) atoms. The number of hydrogen-bond acceptors (Lipinski definition) is 3. The van der Waals surface area contributed by atoms with Crippen LogP contribution < -0.4 is 5.73 Å². The van der Waals surface area contributed by atoms with Crippen LogP contribution in [-0.2, 0) is 0 Å². The lowest BCUT2D eigenvalue weighted by Crippen LogP contribution is -2.36. The van der Waals surface area contributed by atoms with Gasteiger partial charge in [0.25, 0.3) is 0 Å². The molecule has 0 aliphatic carbocycles. The van der Waals surface area contributed by atoms with Crippen molar-refractivity contribution in [3.8, 4) is 0 Å². The highest BCUT2D eigenvalue weighted by Crippen LogP contribution is 2.21. The third kappa shape index (κ3) is 2.96. The molecule has 0 aromatic heterocycles. The fraction of sp³-hybridized carbons (Fsp3) is 1.00. The first-order valence-corrected chi connectivity index (χ1v) is 6.05. The minimum Gasteiger partial charge on any atom is -0.330 e. The largest absolute Gasteiger partial charge is 0.330 e. The van der Waals surface area contributed by atoms with Crippen molar-refractivity contribution < 1.29 is 0 Å². The van der Waals surface area contributed by atoms with Crippen molar-refractivity contribution in [2.45, 2.75) is 25.8 Å². The molecule has 1 aliphatic rings. The third-order valence-electron chi connectivity index (χ3n) is 2.48. The fourth-order valence-electron chi connectivity index (χ4n) is 1.70. The molecule has 0 amide bonds. The van der Waals surface area contributed by atoms with E-state index >= 15 is 0 Å². The van der Waals surface area contributed by atoms with E-state index in [9.17, 15) is 0 Å². The summed E-state index contributed by atoms with van der Waals surface area (Å²) in [6, 6.07) is 0.839. The molecule has 0 aromatic carbocycles. The zero-order chi connectivity index (χ0) is 8.81. The average Bonchev–Trinajstić information content (AvgIpc) is 2.59. The van der Waals surface area contributed by atoms with Crippen molar-refractivity contribution in [3.05, 3.63) is 0 Å². The van der Waals surface area contributed by atoms with Crippen molar-refractivity contribution >= 4 is 11.8 Å². The summed E-state index contributed by atoms with van der Waals surface area (Å²) in [5.41, 5.74) is 5.50. The van der Waals surface area contributed by atoms with Gasteiger partial charge in [0.05, 0.1) is 0 Å². The molecule has 0 spiro atoms. The smallest absolute Gasteiger partial charge is 0.0194 e. The Morgan fingerprint density at radius 2 is 2.42 bits per heavy atom. The van der Waals surface area contributed by atoms with Crippen LogP contribution in [0.15, 0.2) is 0 Å². The summed E-state index contributed by atoms with van der Waals surface area (Å²) >= 11 is 2.09. The number of nitrogens with zero attached hydrogens (tertiary/aromatic N) is 1. The van der Waals surface area contributed by atoms with Crippen LogP contribution >= 0.6 is 11.8 Å². The molecule has 2 nitrogen and oxygen atoms in total. The predicted octanol–water partition coefficient (Wildman–Crippen LogP) is 1.16. The molecule has 1 saturated heterocycles. The Bertz CT molecular complexity index is 113. The maximum atomic E-state index is 5.50. The molecular formula is C9H20N2S. The fourth-order valence-corrected chi connectivity index (χ4v) is 2.96. The molecule has 0 saturated carbocycles. The van der Waals surface area contributed by atoms with Crippen LogP contribution in [0, 0.1) is 0 Å². The summed E-state index contributed by atoms with van der Waals surface area (Å²) in [7, 11) is 0. The standard InChI is InChI=1S/C9H20N2S/c1-2-11(6-3-5-10)9-4-7-12-8-9/h9H,2-8,10H2,1H3/t9-/m1/s1. The summed E-state index contributed by atoms with van der Waals surface area (Å²) in [5.74, 6) is 2.68. The minimum atomic E-state index is 0.830. The maximum Gasteiger partial charge on any atom is 0.0194 e. The lowest BCUT2D eigenvalue weighted by molar-refractivity contribution is 0.222. The summed E-state index contributed by atoms with van der Waals surface area (Å²) in [4.78, 5) is 2.58. The first kappa shape index (κ1) is 10.4. The minimum absolute atomic E-state index is 0.830. The Labute approximate surface area is 79.9 Å². The quantitative estimate of drug-likeness (QED) is 0.702. The van der Waals surface area contributed by atoms with Gasteiger partial charge in [-0.25, -0.2) is 0 Å². The summed E-state index contributed by atoms with van der Waals surface area (Å²) in [6.07, 6.45) is 2.53. The van der Waals surface area contributed by atoms with E-state index in [-0.39, 0.29) is 0 Å². The first-order chi connectivity index (χ1) is 5.88. The highest BCUT2D eigenvalue weighted by molar-refractivity contribution is 7.99. The van der Waals surface area contributed by atoms with Crippen molar-refractivity contribution in [3.63, 3.8) is 0 Å². The van der Waals surface area contributed by atoms with Crippen LogP contribution in [0.4, 0.5) is 0 Å². The Balaban J connectivity index is 2.22.